The van der Waals surface area contributed by atoms with Crippen molar-refractivity contribution in [1.82, 2.24) is 14.8 Å². The van der Waals surface area contributed by atoms with Crippen molar-refractivity contribution in [3.63, 3.8) is 0 Å². The summed E-state index contributed by atoms with van der Waals surface area (Å²) in [6.07, 6.45) is 3.49. The van der Waals surface area contributed by atoms with E-state index in [0.717, 1.165) is 24.2 Å². The Kier molecular flexibility index (Phi) is 6.97. The van der Waals surface area contributed by atoms with E-state index in [4.69, 9.17) is 9.47 Å². The fraction of sp³-hybridized carbons (Fsp3) is 0.280. The second-order valence-electron chi connectivity index (χ2n) is 7.71. The number of hydrogen-bond donors (Lipinski definition) is 0. The van der Waals surface area contributed by atoms with Crippen LogP contribution in [0.15, 0.2) is 67.0 Å². The molecule has 0 saturated carbocycles. The van der Waals surface area contributed by atoms with Crippen LogP contribution in [0.3, 0.4) is 0 Å². The van der Waals surface area contributed by atoms with E-state index in [-0.39, 0.29) is 17.5 Å². The van der Waals surface area contributed by atoms with Crippen molar-refractivity contribution >= 4 is 5.91 Å². The summed E-state index contributed by atoms with van der Waals surface area (Å²) in [5.74, 6) is 0.616. The lowest BCUT2D eigenvalue weighted by Gasteiger charge is -2.34. The molecule has 0 unspecified atom stereocenters. The van der Waals surface area contributed by atoms with Gasteiger partial charge in [0.25, 0.3) is 5.91 Å². The summed E-state index contributed by atoms with van der Waals surface area (Å²) in [5, 5.41) is 0. The van der Waals surface area contributed by atoms with Gasteiger partial charge in [-0.2, -0.15) is 0 Å². The van der Waals surface area contributed by atoms with Crippen LogP contribution in [0, 0.1) is 5.82 Å². The topological polar surface area (TPSA) is 54.9 Å². The normalized spacial score (nSPS) is 14.2. The molecule has 1 fully saturated rings. The fourth-order valence-corrected chi connectivity index (χ4v) is 3.70. The monoisotopic (exact) mass is 435 g/mol. The lowest BCUT2D eigenvalue weighted by atomic mass is 10.1. The highest BCUT2D eigenvalue weighted by Crippen LogP contribution is 2.20. The van der Waals surface area contributed by atoms with Gasteiger partial charge in [-0.25, -0.2) is 4.39 Å². The molecule has 0 aliphatic carbocycles. The maximum absolute atomic E-state index is 13.9. The summed E-state index contributed by atoms with van der Waals surface area (Å²) >= 11 is 0. The zero-order valence-corrected chi connectivity index (χ0v) is 18.0. The van der Waals surface area contributed by atoms with Crippen molar-refractivity contribution in [3.8, 4) is 11.5 Å². The van der Waals surface area contributed by atoms with E-state index in [9.17, 15) is 9.18 Å². The number of carbonyl (C=O) groups is 1. The summed E-state index contributed by atoms with van der Waals surface area (Å²) in [4.78, 5) is 21.0. The molecule has 32 heavy (non-hydrogen) atoms. The Morgan fingerprint density at radius 3 is 2.47 bits per heavy atom. The number of halogens is 1. The minimum Gasteiger partial charge on any atom is -0.494 e. The average Bonchev–Trinajstić information content (AvgIpc) is 2.84. The van der Waals surface area contributed by atoms with Gasteiger partial charge in [-0.3, -0.25) is 14.7 Å². The standard InChI is InChI=1S/C25H26FN3O3/c1-31-24-9-4-19(15-23(24)26)17-28-11-13-29(14-12-28)25(30)21-5-7-22(8-6-21)32-18-20-3-2-10-27-16-20/h2-10,15-16H,11-14,17-18H2,1H3. The van der Waals surface area contributed by atoms with Crippen molar-refractivity contribution in [1.29, 1.82) is 0 Å². The van der Waals surface area contributed by atoms with Crippen LogP contribution in [-0.4, -0.2) is 54.0 Å². The highest BCUT2D eigenvalue weighted by atomic mass is 19.1. The quantitative estimate of drug-likeness (QED) is 0.566. The Morgan fingerprint density at radius 1 is 1.03 bits per heavy atom. The molecule has 7 heteroatoms. The Bertz CT molecular complexity index is 1040. The SMILES string of the molecule is COc1ccc(CN2CCN(C(=O)c3ccc(OCc4cccnc4)cc3)CC2)cc1F. The summed E-state index contributed by atoms with van der Waals surface area (Å²) in [5.41, 5.74) is 2.53. The van der Waals surface area contributed by atoms with Crippen LogP contribution in [0.25, 0.3) is 0 Å². The van der Waals surface area contributed by atoms with Gasteiger partial charge in [-0.1, -0.05) is 12.1 Å². The molecule has 2 aromatic carbocycles. The number of piperazine rings is 1. The van der Waals surface area contributed by atoms with Gasteiger partial charge in [0.15, 0.2) is 11.6 Å². The van der Waals surface area contributed by atoms with E-state index in [0.29, 0.717) is 37.6 Å². The van der Waals surface area contributed by atoms with Crippen molar-refractivity contribution in [3.05, 3.63) is 89.5 Å². The van der Waals surface area contributed by atoms with E-state index in [1.807, 2.05) is 35.2 Å². The van der Waals surface area contributed by atoms with Crippen molar-refractivity contribution in [2.75, 3.05) is 33.3 Å². The Morgan fingerprint density at radius 2 is 1.81 bits per heavy atom. The Balaban J connectivity index is 1.27. The summed E-state index contributed by atoms with van der Waals surface area (Å²) in [7, 11) is 1.46. The van der Waals surface area contributed by atoms with Gasteiger partial charge in [0.1, 0.15) is 12.4 Å². The molecule has 1 saturated heterocycles. The number of aromatic nitrogens is 1. The highest BCUT2D eigenvalue weighted by molar-refractivity contribution is 5.94. The molecule has 0 atom stereocenters. The van der Waals surface area contributed by atoms with E-state index >= 15 is 0 Å². The van der Waals surface area contributed by atoms with Gasteiger partial charge in [-0.05, 0) is 48.0 Å². The Labute approximate surface area is 187 Å². The number of benzene rings is 2. The van der Waals surface area contributed by atoms with Crippen LogP contribution < -0.4 is 9.47 Å². The van der Waals surface area contributed by atoms with Gasteiger partial charge >= 0.3 is 0 Å². The molecule has 1 aliphatic heterocycles. The van der Waals surface area contributed by atoms with Crippen molar-refractivity contribution < 1.29 is 18.7 Å². The first-order valence-electron chi connectivity index (χ1n) is 10.6. The number of methoxy groups -OCH3 is 1. The van der Waals surface area contributed by atoms with Crippen LogP contribution in [0.2, 0.25) is 0 Å². The van der Waals surface area contributed by atoms with E-state index < -0.39 is 0 Å². The smallest absolute Gasteiger partial charge is 0.253 e. The molecule has 1 aromatic heterocycles. The van der Waals surface area contributed by atoms with Crippen LogP contribution in [0.5, 0.6) is 11.5 Å². The molecule has 0 radical (unpaired) electrons. The highest BCUT2D eigenvalue weighted by Gasteiger charge is 2.22. The summed E-state index contributed by atoms with van der Waals surface area (Å²) in [6, 6.07) is 16.1. The third-order valence-corrected chi connectivity index (χ3v) is 5.51. The minimum atomic E-state index is -0.355. The zero-order valence-electron chi connectivity index (χ0n) is 18.0. The molecular weight excluding hydrogens is 409 g/mol. The molecule has 4 rings (SSSR count). The van der Waals surface area contributed by atoms with Gasteiger partial charge < -0.3 is 14.4 Å². The predicted molar refractivity (Wildman–Crippen MR) is 119 cm³/mol. The van der Waals surface area contributed by atoms with Crippen LogP contribution in [0.4, 0.5) is 4.39 Å². The first-order chi connectivity index (χ1) is 15.6. The Hall–Kier alpha value is -3.45. The first-order valence-corrected chi connectivity index (χ1v) is 10.6. The van der Waals surface area contributed by atoms with Gasteiger partial charge in [-0.15, -0.1) is 0 Å². The fourth-order valence-electron chi connectivity index (χ4n) is 3.70. The van der Waals surface area contributed by atoms with Crippen LogP contribution in [0.1, 0.15) is 21.5 Å². The van der Waals surface area contributed by atoms with E-state index in [1.165, 1.54) is 13.2 Å². The molecule has 3 aromatic rings. The zero-order chi connectivity index (χ0) is 22.3. The number of rotatable bonds is 7. The maximum Gasteiger partial charge on any atom is 0.253 e. The first kappa shape index (κ1) is 21.8. The van der Waals surface area contributed by atoms with E-state index in [2.05, 4.69) is 9.88 Å². The largest absolute Gasteiger partial charge is 0.494 e. The molecule has 1 aliphatic rings. The average molecular weight is 435 g/mol. The minimum absolute atomic E-state index is 0.0129. The van der Waals surface area contributed by atoms with Gasteiger partial charge in [0.05, 0.1) is 7.11 Å². The molecule has 0 spiro atoms. The number of pyridine rings is 1. The molecule has 166 valence electrons. The number of amides is 1. The summed E-state index contributed by atoms with van der Waals surface area (Å²) < 4.78 is 24.6. The third-order valence-electron chi connectivity index (χ3n) is 5.51. The third kappa shape index (κ3) is 5.42. The molecule has 1 amide bonds. The number of ether oxygens (including phenoxy) is 2. The molecular formula is C25H26FN3O3. The van der Waals surface area contributed by atoms with Gasteiger partial charge in [0.2, 0.25) is 0 Å². The van der Waals surface area contributed by atoms with Crippen molar-refractivity contribution in [2.45, 2.75) is 13.2 Å². The van der Waals surface area contributed by atoms with Crippen LogP contribution in [-0.2, 0) is 13.2 Å². The van der Waals surface area contributed by atoms with Crippen LogP contribution >= 0.6 is 0 Å². The lowest BCUT2D eigenvalue weighted by molar-refractivity contribution is 0.0628. The molecule has 0 bridgehead atoms. The lowest BCUT2D eigenvalue weighted by Crippen LogP contribution is -2.48. The molecule has 6 nitrogen and oxygen atoms in total. The maximum atomic E-state index is 13.9. The second-order valence-corrected chi connectivity index (χ2v) is 7.71. The number of carbonyl (C=O) groups excluding carboxylic acids is 1. The number of nitrogens with zero attached hydrogens (tertiary/aromatic N) is 3. The van der Waals surface area contributed by atoms with E-state index in [1.54, 1.807) is 30.6 Å². The molecule has 0 N–H and O–H groups in total. The molecule has 2 heterocycles. The number of hydrogen-bond acceptors (Lipinski definition) is 5. The van der Waals surface area contributed by atoms with Gasteiger partial charge in [0, 0.05) is 56.2 Å². The van der Waals surface area contributed by atoms with Crippen molar-refractivity contribution in [2.24, 2.45) is 0 Å². The summed E-state index contributed by atoms with van der Waals surface area (Å²) in [6.45, 7) is 3.83. The second kappa shape index (κ2) is 10.2. The predicted octanol–water partition coefficient (Wildman–Crippen LogP) is 3.77.